The fourth-order valence-electron chi connectivity index (χ4n) is 3.09. The first-order chi connectivity index (χ1) is 10.1. The summed E-state index contributed by atoms with van der Waals surface area (Å²) in [5.74, 6) is 1.90. The molecule has 1 amide bonds. The van der Waals surface area contributed by atoms with Crippen LogP contribution in [0.1, 0.15) is 37.6 Å². The first-order valence-corrected chi connectivity index (χ1v) is 7.85. The van der Waals surface area contributed by atoms with E-state index in [2.05, 4.69) is 16.9 Å². The maximum absolute atomic E-state index is 12.5. The molecule has 0 radical (unpaired) electrons. The molecule has 112 valence electrons. The van der Waals surface area contributed by atoms with E-state index in [1.165, 1.54) is 6.42 Å². The van der Waals surface area contributed by atoms with Gasteiger partial charge in [0.25, 0.3) is 0 Å². The van der Waals surface area contributed by atoms with Crippen molar-refractivity contribution in [1.82, 2.24) is 14.9 Å². The van der Waals surface area contributed by atoms with Crippen molar-refractivity contribution in [2.75, 3.05) is 13.1 Å². The van der Waals surface area contributed by atoms with E-state index >= 15 is 0 Å². The average Bonchev–Trinajstić information content (AvgIpc) is 2.66. The third-order valence-corrected chi connectivity index (χ3v) is 4.39. The van der Waals surface area contributed by atoms with Gasteiger partial charge >= 0.3 is 0 Å². The predicted octanol–water partition coefficient (Wildman–Crippen LogP) is 3.06. The number of rotatable bonds is 2. The largest absolute Gasteiger partial charge is 0.342 e. The molecule has 21 heavy (non-hydrogen) atoms. The monoisotopic (exact) mass is 285 g/mol. The lowest BCUT2D eigenvalue weighted by atomic mass is 10.0. The highest BCUT2D eigenvalue weighted by atomic mass is 16.2. The quantitative estimate of drug-likeness (QED) is 0.922. The molecular weight excluding hydrogens is 262 g/mol. The second-order valence-electron chi connectivity index (χ2n) is 6.27. The van der Waals surface area contributed by atoms with Gasteiger partial charge in [0.15, 0.2) is 0 Å². The maximum Gasteiger partial charge on any atom is 0.226 e. The predicted molar refractivity (Wildman–Crippen MR) is 84.1 cm³/mol. The summed E-state index contributed by atoms with van der Waals surface area (Å²) >= 11 is 0. The Bertz CT molecular complexity index is 647. The van der Waals surface area contributed by atoms with Gasteiger partial charge in [-0.2, -0.15) is 0 Å². The fourth-order valence-corrected chi connectivity index (χ4v) is 3.09. The molecule has 0 aliphatic carbocycles. The van der Waals surface area contributed by atoms with Gasteiger partial charge < -0.3 is 9.88 Å². The van der Waals surface area contributed by atoms with Crippen LogP contribution in [0.15, 0.2) is 18.2 Å². The summed E-state index contributed by atoms with van der Waals surface area (Å²) < 4.78 is 0. The van der Waals surface area contributed by atoms with Crippen LogP contribution in [0.3, 0.4) is 0 Å². The molecule has 1 aliphatic rings. The van der Waals surface area contributed by atoms with E-state index < -0.39 is 0 Å². The van der Waals surface area contributed by atoms with Gasteiger partial charge in [-0.3, -0.25) is 4.79 Å². The molecule has 1 aliphatic heterocycles. The van der Waals surface area contributed by atoms with E-state index in [1.54, 1.807) is 0 Å². The van der Waals surface area contributed by atoms with Crippen LogP contribution in [0, 0.1) is 12.8 Å². The van der Waals surface area contributed by atoms with Crippen LogP contribution < -0.4 is 0 Å². The molecule has 0 spiro atoms. The van der Waals surface area contributed by atoms with Gasteiger partial charge in [-0.25, -0.2) is 4.98 Å². The first-order valence-electron chi connectivity index (χ1n) is 7.85. The summed E-state index contributed by atoms with van der Waals surface area (Å²) in [6, 6.07) is 6.06. The lowest BCUT2D eigenvalue weighted by Crippen LogP contribution is -2.33. The number of nitrogens with one attached hydrogen (secondary N) is 1. The SMILES string of the molecule is Cc1nc2ccc(CC(=O)N3CCCC(C)CC3)cc2[nH]1. The Morgan fingerprint density at radius 3 is 3.10 bits per heavy atom. The Morgan fingerprint density at radius 1 is 1.38 bits per heavy atom. The highest BCUT2D eigenvalue weighted by molar-refractivity contribution is 5.81. The lowest BCUT2D eigenvalue weighted by Gasteiger charge is -2.20. The van der Waals surface area contributed by atoms with Gasteiger partial charge in [0, 0.05) is 13.1 Å². The number of nitrogens with zero attached hydrogens (tertiary/aromatic N) is 2. The van der Waals surface area contributed by atoms with E-state index in [4.69, 9.17) is 0 Å². The molecule has 1 N–H and O–H groups in total. The van der Waals surface area contributed by atoms with Crippen LogP contribution in [-0.4, -0.2) is 33.9 Å². The van der Waals surface area contributed by atoms with E-state index in [9.17, 15) is 4.79 Å². The highest BCUT2D eigenvalue weighted by Gasteiger charge is 2.18. The number of likely N-dealkylation sites (tertiary alicyclic amines) is 1. The van der Waals surface area contributed by atoms with Crippen molar-refractivity contribution < 1.29 is 4.79 Å². The number of carbonyl (C=O) groups excluding carboxylic acids is 1. The van der Waals surface area contributed by atoms with Crippen molar-refractivity contribution in [2.45, 2.75) is 39.5 Å². The summed E-state index contributed by atoms with van der Waals surface area (Å²) in [7, 11) is 0. The Kier molecular flexibility index (Phi) is 3.95. The zero-order chi connectivity index (χ0) is 14.8. The van der Waals surface area contributed by atoms with Crippen LogP contribution in [0.2, 0.25) is 0 Å². The number of carbonyl (C=O) groups is 1. The molecular formula is C17H23N3O. The molecule has 1 fully saturated rings. The molecule has 4 nitrogen and oxygen atoms in total. The van der Waals surface area contributed by atoms with Crippen molar-refractivity contribution in [3.05, 3.63) is 29.6 Å². The van der Waals surface area contributed by atoms with E-state index in [1.807, 2.05) is 30.0 Å². The standard InChI is InChI=1S/C17H23N3O/c1-12-4-3-8-20(9-7-12)17(21)11-14-5-6-15-16(10-14)19-13(2)18-15/h5-6,10,12H,3-4,7-9,11H2,1-2H3,(H,18,19). The number of fused-ring (bicyclic) bond motifs is 1. The molecule has 0 bridgehead atoms. The lowest BCUT2D eigenvalue weighted by molar-refractivity contribution is -0.130. The van der Waals surface area contributed by atoms with Gasteiger partial charge in [-0.1, -0.05) is 13.0 Å². The van der Waals surface area contributed by atoms with Gasteiger partial charge in [-0.15, -0.1) is 0 Å². The van der Waals surface area contributed by atoms with Gasteiger partial charge in [0.05, 0.1) is 17.5 Å². The average molecular weight is 285 g/mol. The number of imidazole rings is 1. The molecule has 2 aromatic rings. The van der Waals surface area contributed by atoms with Crippen molar-refractivity contribution in [3.8, 4) is 0 Å². The third-order valence-electron chi connectivity index (χ3n) is 4.39. The first kappa shape index (κ1) is 14.1. The minimum Gasteiger partial charge on any atom is -0.342 e. The van der Waals surface area contributed by atoms with Crippen molar-refractivity contribution in [2.24, 2.45) is 5.92 Å². The molecule has 1 saturated heterocycles. The van der Waals surface area contributed by atoms with E-state index in [-0.39, 0.29) is 5.91 Å². The van der Waals surface area contributed by atoms with Crippen molar-refractivity contribution >= 4 is 16.9 Å². The summed E-state index contributed by atoms with van der Waals surface area (Å²) in [5, 5.41) is 0. The Labute approximate surface area is 125 Å². The maximum atomic E-state index is 12.5. The molecule has 0 saturated carbocycles. The number of benzene rings is 1. The van der Waals surface area contributed by atoms with Gasteiger partial charge in [0.2, 0.25) is 5.91 Å². The Hall–Kier alpha value is -1.84. The number of aromatic amines is 1. The molecule has 1 atom stereocenters. The second-order valence-corrected chi connectivity index (χ2v) is 6.27. The number of amides is 1. The highest BCUT2D eigenvalue weighted by Crippen LogP contribution is 2.18. The molecule has 1 aromatic heterocycles. The Morgan fingerprint density at radius 2 is 2.24 bits per heavy atom. The smallest absolute Gasteiger partial charge is 0.226 e. The summed E-state index contributed by atoms with van der Waals surface area (Å²) in [6.07, 6.45) is 3.99. The van der Waals surface area contributed by atoms with Crippen LogP contribution >= 0.6 is 0 Å². The normalized spacial score (nSPS) is 19.7. The zero-order valence-electron chi connectivity index (χ0n) is 12.9. The molecule has 4 heteroatoms. The Balaban J connectivity index is 1.70. The number of aryl methyl sites for hydroxylation is 1. The van der Waals surface area contributed by atoms with Crippen LogP contribution in [-0.2, 0) is 11.2 Å². The summed E-state index contributed by atoms with van der Waals surface area (Å²) in [5.41, 5.74) is 3.04. The van der Waals surface area contributed by atoms with E-state index in [0.717, 1.165) is 54.3 Å². The molecule has 1 aromatic carbocycles. The fraction of sp³-hybridized carbons (Fsp3) is 0.529. The van der Waals surface area contributed by atoms with Gasteiger partial charge in [-0.05, 0) is 49.8 Å². The topological polar surface area (TPSA) is 49.0 Å². The molecule has 1 unspecified atom stereocenters. The molecule has 3 rings (SSSR count). The van der Waals surface area contributed by atoms with Crippen LogP contribution in [0.4, 0.5) is 0 Å². The van der Waals surface area contributed by atoms with Gasteiger partial charge in [0.1, 0.15) is 5.82 Å². The number of hydrogen-bond acceptors (Lipinski definition) is 2. The minimum absolute atomic E-state index is 0.250. The van der Waals surface area contributed by atoms with Crippen LogP contribution in [0.25, 0.3) is 11.0 Å². The second kappa shape index (κ2) is 5.88. The summed E-state index contributed by atoms with van der Waals surface area (Å²) in [6.45, 7) is 6.05. The third kappa shape index (κ3) is 3.26. The minimum atomic E-state index is 0.250. The summed E-state index contributed by atoms with van der Waals surface area (Å²) in [4.78, 5) is 22.1. The number of H-pyrrole nitrogens is 1. The van der Waals surface area contributed by atoms with Crippen molar-refractivity contribution in [3.63, 3.8) is 0 Å². The molecule has 2 heterocycles. The number of hydrogen-bond donors (Lipinski definition) is 1. The van der Waals surface area contributed by atoms with E-state index in [0.29, 0.717) is 6.42 Å². The van der Waals surface area contributed by atoms with Crippen LogP contribution in [0.5, 0.6) is 0 Å². The zero-order valence-corrected chi connectivity index (χ0v) is 12.9. The van der Waals surface area contributed by atoms with Crippen molar-refractivity contribution in [1.29, 1.82) is 0 Å². The number of aromatic nitrogens is 2.